The smallest absolute Gasteiger partial charge is 0.306 e. The number of carbonyl (C=O) groups excluding carboxylic acids is 1. The van der Waals surface area contributed by atoms with Gasteiger partial charge in [-0.15, -0.1) is 10.2 Å². The molecule has 0 amide bonds. The number of aromatic nitrogens is 3. The number of nitrogens with one attached hydrogen (secondary N) is 1. The molecule has 148 valence electrons. The summed E-state index contributed by atoms with van der Waals surface area (Å²) in [6.07, 6.45) is 3.28. The van der Waals surface area contributed by atoms with E-state index in [0.29, 0.717) is 24.6 Å². The minimum Gasteiger partial charge on any atom is -0.453 e. The summed E-state index contributed by atoms with van der Waals surface area (Å²) in [5.41, 5.74) is 4.32. The van der Waals surface area contributed by atoms with Crippen LogP contribution in [-0.2, 0) is 16.0 Å². The van der Waals surface area contributed by atoms with Gasteiger partial charge in [-0.2, -0.15) is 0 Å². The third-order valence-corrected chi connectivity index (χ3v) is 4.90. The van der Waals surface area contributed by atoms with Crippen molar-refractivity contribution in [2.45, 2.75) is 39.2 Å². The van der Waals surface area contributed by atoms with E-state index < -0.39 is 6.10 Å². The molecule has 0 bridgehead atoms. The number of hydrogen-bond acceptors (Lipinski definition) is 5. The Hall–Kier alpha value is -3.41. The average molecular weight is 389 g/mol. The lowest BCUT2D eigenvalue weighted by Crippen LogP contribution is -2.09. The molecule has 2 aromatic carbocycles. The minimum absolute atomic E-state index is 0.271. The number of esters is 1. The molecule has 6 heteroatoms. The van der Waals surface area contributed by atoms with Crippen LogP contribution in [0.1, 0.15) is 42.9 Å². The molecule has 0 saturated heterocycles. The summed E-state index contributed by atoms with van der Waals surface area (Å²) in [5.74, 6) is 0.445. The highest BCUT2D eigenvalue weighted by atomic mass is 16.6. The molecule has 0 spiro atoms. The zero-order chi connectivity index (χ0) is 20.2. The van der Waals surface area contributed by atoms with Gasteiger partial charge >= 0.3 is 5.97 Å². The Morgan fingerprint density at radius 2 is 1.93 bits per heavy atom. The largest absolute Gasteiger partial charge is 0.453 e. The highest BCUT2D eigenvalue weighted by molar-refractivity contribution is 5.83. The third-order valence-electron chi connectivity index (χ3n) is 4.90. The maximum atomic E-state index is 12.2. The molecule has 0 aliphatic rings. The molecule has 29 heavy (non-hydrogen) atoms. The first-order valence-electron chi connectivity index (χ1n) is 9.75. The Morgan fingerprint density at radius 1 is 1.14 bits per heavy atom. The summed E-state index contributed by atoms with van der Waals surface area (Å²) >= 11 is 0. The van der Waals surface area contributed by atoms with Crippen LogP contribution < -0.4 is 0 Å². The summed E-state index contributed by atoms with van der Waals surface area (Å²) in [6, 6.07) is 16.0. The van der Waals surface area contributed by atoms with Crippen molar-refractivity contribution in [1.82, 2.24) is 15.2 Å². The number of carbonyl (C=O) groups is 1. The van der Waals surface area contributed by atoms with Gasteiger partial charge < -0.3 is 14.1 Å². The number of ether oxygens (including phenoxy) is 1. The van der Waals surface area contributed by atoms with E-state index in [0.717, 1.165) is 23.1 Å². The van der Waals surface area contributed by atoms with Crippen molar-refractivity contribution in [1.29, 1.82) is 0 Å². The van der Waals surface area contributed by atoms with Crippen LogP contribution in [0.15, 0.2) is 59.1 Å². The van der Waals surface area contributed by atoms with Gasteiger partial charge in [0.2, 0.25) is 5.89 Å². The molecule has 0 aliphatic carbocycles. The van der Waals surface area contributed by atoms with Crippen LogP contribution in [0, 0.1) is 6.92 Å². The number of aromatic amines is 1. The second-order valence-electron chi connectivity index (χ2n) is 7.16. The van der Waals surface area contributed by atoms with E-state index in [1.54, 1.807) is 6.92 Å². The highest BCUT2D eigenvalue weighted by Crippen LogP contribution is 2.24. The van der Waals surface area contributed by atoms with Crippen LogP contribution in [0.2, 0.25) is 0 Å². The monoisotopic (exact) mass is 389 g/mol. The lowest BCUT2D eigenvalue weighted by molar-refractivity contribution is -0.149. The summed E-state index contributed by atoms with van der Waals surface area (Å²) in [5, 5.41) is 9.28. The molecule has 6 nitrogen and oxygen atoms in total. The van der Waals surface area contributed by atoms with E-state index in [-0.39, 0.29) is 5.97 Å². The normalized spacial score (nSPS) is 12.2. The van der Waals surface area contributed by atoms with Crippen molar-refractivity contribution in [2.24, 2.45) is 0 Å². The number of fused-ring (bicyclic) bond motifs is 1. The van der Waals surface area contributed by atoms with Gasteiger partial charge in [0.15, 0.2) is 6.10 Å². The molecule has 0 aliphatic heterocycles. The Kier molecular flexibility index (Phi) is 5.42. The number of rotatable bonds is 7. The number of aryl methyl sites for hydroxylation is 2. The van der Waals surface area contributed by atoms with E-state index in [9.17, 15) is 4.79 Å². The van der Waals surface area contributed by atoms with Crippen LogP contribution in [0.3, 0.4) is 0 Å². The predicted octanol–water partition coefficient (Wildman–Crippen LogP) is 5.15. The van der Waals surface area contributed by atoms with Crippen molar-refractivity contribution in [2.75, 3.05) is 0 Å². The topological polar surface area (TPSA) is 81.0 Å². The zero-order valence-corrected chi connectivity index (χ0v) is 16.5. The first-order chi connectivity index (χ1) is 14.1. The molecular formula is C23H23N3O3. The van der Waals surface area contributed by atoms with Crippen LogP contribution in [0.4, 0.5) is 0 Å². The van der Waals surface area contributed by atoms with Crippen molar-refractivity contribution in [3.05, 3.63) is 71.7 Å². The molecular weight excluding hydrogens is 366 g/mol. The Balaban J connectivity index is 1.30. The number of para-hydroxylation sites is 1. The second kappa shape index (κ2) is 8.31. The van der Waals surface area contributed by atoms with Gasteiger partial charge in [0.1, 0.15) is 0 Å². The van der Waals surface area contributed by atoms with Crippen LogP contribution >= 0.6 is 0 Å². The minimum atomic E-state index is -0.581. The van der Waals surface area contributed by atoms with Gasteiger partial charge in [-0.25, -0.2) is 0 Å². The van der Waals surface area contributed by atoms with Gasteiger partial charge in [0.05, 0.1) is 0 Å². The van der Waals surface area contributed by atoms with Crippen molar-refractivity contribution in [3.63, 3.8) is 0 Å². The SMILES string of the molecule is Cc1ccc(-c2nnc([C@@H](C)OC(=O)CCCc3c[nH]c4ccccc34)o2)cc1. The Bertz CT molecular complexity index is 1110. The van der Waals surface area contributed by atoms with E-state index in [1.165, 1.54) is 10.9 Å². The molecule has 4 rings (SSSR count). The first-order valence-corrected chi connectivity index (χ1v) is 9.75. The van der Waals surface area contributed by atoms with Gasteiger partial charge in [-0.3, -0.25) is 4.79 Å². The fourth-order valence-corrected chi connectivity index (χ4v) is 3.28. The van der Waals surface area contributed by atoms with Crippen LogP contribution in [0.5, 0.6) is 0 Å². The van der Waals surface area contributed by atoms with Gasteiger partial charge in [-0.1, -0.05) is 35.9 Å². The van der Waals surface area contributed by atoms with Crippen molar-refractivity contribution in [3.8, 4) is 11.5 Å². The second-order valence-corrected chi connectivity index (χ2v) is 7.16. The fraction of sp³-hybridized carbons (Fsp3) is 0.261. The number of H-pyrrole nitrogens is 1. The quantitative estimate of drug-likeness (QED) is 0.442. The molecule has 1 N–H and O–H groups in total. The molecule has 1 atom stereocenters. The van der Waals surface area contributed by atoms with E-state index >= 15 is 0 Å². The summed E-state index contributed by atoms with van der Waals surface area (Å²) in [6.45, 7) is 3.76. The van der Waals surface area contributed by atoms with E-state index in [1.807, 2.05) is 55.6 Å². The van der Waals surface area contributed by atoms with Gasteiger partial charge in [-0.05, 0) is 50.5 Å². The van der Waals surface area contributed by atoms with Crippen LogP contribution in [0.25, 0.3) is 22.4 Å². The maximum Gasteiger partial charge on any atom is 0.306 e. The third kappa shape index (κ3) is 4.37. The molecule has 2 heterocycles. The predicted molar refractivity (Wildman–Crippen MR) is 110 cm³/mol. The Labute approximate surface area is 168 Å². The molecule has 0 fully saturated rings. The fourth-order valence-electron chi connectivity index (χ4n) is 3.28. The molecule has 0 unspecified atom stereocenters. The standard InChI is InChI=1S/C23H23N3O3/c1-15-10-12-17(13-11-15)23-26-25-22(29-23)16(2)28-21(27)9-5-6-18-14-24-20-8-4-3-7-19(18)20/h3-4,7-8,10-14,16,24H,5-6,9H2,1-2H3/t16-/m1/s1. The van der Waals surface area contributed by atoms with Crippen LogP contribution in [-0.4, -0.2) is 21.2 Å². The van der Waals surface area contributed by atoms with Crippen molar-refractivity contribution >= 4 is 16.9 Å². The maximum absolute atomic E-state index is 12.2. The highest BCUT2D eigenvalue weighted by Gasteiger charge is 2.19. The zero-order valence-electron chi connectivity index (χ0n) is 16.5. The number of hydrogen-bond donors (Lipinski definition) is 1. The average Bonchev–Trinajstić information content (AvgIpc) is 3.36. The first kappa shape index (κ1) is 18.9. The summed E-state index contributed by atoms with van der Waals surface area (Å²) < 4.78 is 11.1. The molecule has 0 saturated carbocycles. The molecule has 0 radical (unpaired) electrons. The number of nitrogens with zero attached hydrogens (tertiary/aromatic N) is 2. The Morgan fingerprint density at radius 3 is 2.76 bits per heavy atom. The van der Waals surface area contributed by atoms with Gasteiger partial charge in [0.25, 0.3) is 5.89 Å². The summed E-state index contributed by atoms with van der Waals surface area (Å²) in [4.78, 5) is 15.5. The van der Waals surface area contributed by atoms with E-state index in [4.69, 9.17) is 9.15 Å². The lowest BCUT2D eigenvalue weighted by Gasteiger charge is -2.09. The van der Waals surface area contributed by atoms with E-state index in [2.05, 4.69) is 21.2 Å². The lowest BCUT2D eigenvalue weighted by atomic mass is 10.1. The summed E-state index contributed by atoms with van der Waals surface area (Å²) in [7, 11) is 0. The molecule has 4 aromatic rings. The number of benzene rings is 2. The van der Waals surface area contributed by atoms with Gasteiger partial charge in [0, 0.05) is 29.1 Å². The van der Waals surface area contributed by atoms with Crippen molar-refractivity contribution < 1.29 is 13.9 Å². The molecule has 2 aromatic heterocycles.